The topological polar surface area (TPSA) is 78.4 Å². The van der Waals surface area contributed by atoms with E-state index < -0.39 is 4.92 Å². The first-order valence-electron chi connectivity index (χ1n) is 6.05. The minimum atomic E-state index is -0.406. The molecule has 1 aromatic carbocycles. The highest BCUT2D eigenvalue weighted by atomic mass is 16.6. The van der Waals surface area contributed by atoms with Gasteiger partial charge in [-0.2, -0.15) is 0 Å². The Morgan fingerprint density at radius 3 is 2.61 bits per heavy atom. The summed E-state index contributed by atoms with van der Waals surface area (Å²) in [6.45, 7) is 4.09. The Morgan fingerprint density at radius 1 is 1.44 bits per heavy atom. The number of hydrogen-bond donors (Lipinski definition) is 1. The minimum absolute atomic E-state index is 0.0571. The molecule has 2 atom stereocenters. The van der Waals surface area contributed by atoms with Gasteiger partial charge in [0.15, 0.2) is 0 Å². The molecule has 5 nitrogen and oxygen atoms in total. The van der Waals surface area contributed by atoms with Gasteiger partial charge in [0.25, 0.3) is 5.69 Å². The van der Waals surface area contributed by atoms with E-state index in [0.29, 0.717) is 12.2 Å². The second-order valence-electron chi connectivity index (χ2n) is 4.55. The number of nitro benzene ring substituents is 1. The van der Waals surface area contributed by atoms with Gasteiger partial charge in [-0.05, 0) is 30.4 Å². The molecule has 0 bridgehead atoms. The van der Waals surface area contributed by atoms with Gasteiger partial charge in [0.2, 0.25) is 0 Å². The predicted octanol–water partition coefficient (Wildman–Crippen LogP) is 2.52. The predicted molar refractivity (Wildman–Crippen MR) is 70.8 cm³/mol. The van der Waals surface area contributed by atoms with Crippen molar-refractivity contribution in [3.05, 3.63) is 33.9 Å². The van der Waals surface area contributed by atoms with Crippen LogP contribution in [0.1, 0.15) is 25.8 Å². The smallest absolute Gasteiger partial charge is 0.273 e. The van der Waals surface area contributed by atoms with Crippen LogP contribution in [-0.4, -0.2) is 18.1 Å². The normalized spacial score (nSPS) is 14.0. The molecule has 0 spiro atoms. The van der Waals surface area contributed by atoms with Gasteiger partial charge >= 0.3 is 0 Å². The molecule has 0 aliphatic heterocycles. The maximum absolute atomic E-state index is 10.8. The molecule has 0 aliphatic rings. The van der Waals surface area contributed by atoms with Crippen LogP contribution in [0.15, 0.2) is 18.2 Å². The highest BCUT2D eigenvalue weighted by Gasteiger charge is 2.15. The number of nitrogens with zero attached hydrogens (tertiary/aromatic N) is 1. The van der Waals surface area contributed by atoms with E-state index in [1.54, 1.807) is 6.07 Å². The summed E-state index contributed by atoms with van der Waals surface area (Å²) in [4.78, 5) is 10.4. The zero-order valence-electron chi connectivity index (χ0n) is 11.1. The molecule has 0 aromatic heterocycles. The van der Waals surface area contributed by atoms with E-state index in [9.17, 15) is 10.1 Å². The van der Waals surface area contributed by atoms with Gasteiger partial charge in [0.05, 0.1) is 18.1 Å². The molecule has 2 unspecified atom stereocenters. The summed E-state index contributed by atoms with van der Waals surface area (Å²) >= 11 is 0. The summed E-state index contributed by atoms with van der Waals surface area (Å²) in [5.41, 5.74) is 6.91. The van der Waals surface area contributed by atoms with Crippen molar-refractivity contribution in [3.63, 3.8) is 0 Å². The van der Waals surface area contributed by atoms with E-state index in [1.165, 1.54) is 13.2 Å². The molecule has 0 saturated heterocycles. The quantitative estimate of drug-likeness (QED) is 0.623. The summed E-state index contributed by atoms with van der Waals surface area (Å²) in [6.07, 6.45) is 1.61. The molecule has 5 heteroatoms. The Labute approximate surface area is 107 Å². The van der Waals surface area contributed by atoms with E-state index in [1.807, 2.05) is 13.0 Å². The number of rotatable bonds is 6. The van der Waals surface area contributed by atoms with Gasteiger partial charge in [0.1, 0.15) is 5.75 Å². The van der Waals surface area contributed by atoms with Crippen LogP contribution in [0.4, 0.5) is 5.69 Å². The number of non-ortho nitro benzene ring substituents is 1. The lowest BCUT2D eigenvalue weighted by Crippen LogP contribution is -2.28. The average molecular weight is 252 g/mol. The Hall–Kier alpha value is -1.62. The van der Waals surface area contributed by atoms with Crippen LogP contribution in [0.5, 0.6) is 5.75 Å². The molecular weight excluding hydrogens is 232 g/mol. The maximum atomic E-state index is 10.8. The van der Waals surface area contributed by atoms with Gasteiger partial charge < -0.3 is 10.5 Å². The lowest BCUT2D eigenvalue weighted by atomic mass is 9.93. The molecule has 18 heavy (non-hydrogen) atoms. The third-order valence-electron chi connectivity index (χ3n) is 3.16. The van der Waals surface area contributed by atoms with Crippen molar-refractivity contribution in [2.45, 2.75) is 32.7 Å². The van der Waals surface area contributed by atoms with Crippen LogP contribution in [0.25, 0.3) is 0 Å². The Morgan fingerprint density at radius 2 is 2.11 bits per heavy atom. The second kappa shape index (κ2) is 6.35. The Bertz CT molecular complexity index is 421. The van der Waals surface area contributed by atoms with E-state index >= 15 is 0 Å². The molecule has 0 saturated carbocycles. The summed E-state index contributed by atoms with van der Waals surface area (Å²) < 4.78 is 5.08. The molecule has 0 aliphatic carbocycles. The fraction of sp³-hybridized carbons (Fsp3) is 0.538. The number of benzene rings is 1. The maximum Gasteiger partial charge on any atom is 0.273 e. The van der Waals surface area contributed by atoms with Gasteiger partial charge in [-0.3, -0.25) is 10.1 Å². The van der Waals surface area contributed by atoms with E-state index in [4.69, 9.17) is 10.5 Å². The molecule has 2 N–H and O–H groups in total. The SMILES string of the molecule is CCC(N)C(C)Cc1cc(OC)cc([N+](=O)[O-])c1. The molecule has 1 rings (SSSR count). The van der Waals surface area contributed by atoms with Crippen molar-refractivity contribution in [1.29, 1.82) is 0 Å². The standard InChI is InChI=1S/C13H20N2O3/c1-4-13(14)9(2)5-10-6-11(15(16)17)8-12(7-10)18-3/h6-9,13H,4-5,14H2,1-3H3. The second-order valence-corrected chi connectivity index (χ2v) is 4.55. The van der Waals surface area contributed by atoms with Crippen LogP contribution >= 0.6 is 0 Å². The summed E-state index contributed by atoms with van der Waals surface area (Å²) in [5.74, 6) is 0.790. The van der Waals surface area contributed by atoms with Crippen LogP contribution in [0, 0.1) is 16.0 Å². The van der Waals surface area contributed by atoms with Crippen molar-refractivity contribution >= 4 is 5.69 Å². The fourth-order valence-corrected chi connectivity index (χ4v) is 1.91. The van der Waals surface area contributed by atoms with Gasteiger partial charge in [-0.1, -0.05) is 13.8 Å². The number of nitrogens with two attached hydrogens (primary N) is 1. The number of ether oxygens (including phenoxy) is 1. The fourth-order valence-electron chi connectivity index (χ4n) is 1.91. The van der Waals surface area contributed by atoms with E-state index in [2.05, 4.69) is 6.92 Å². The van der Waals surface area contributed by atoms with Crippen molar-refractivity contribution in [2.75, 3.05) is 7.11 Å². The first-order chi connectivity index (χ1) is 8.47. The molecule has 0 fully saturated rings. The summed E-state index contributed by atoms with van der Waals surface area (Å²) in [5, 5.41) is 10.8. The van der Waals surface area contributed by atoms with Gasteiger partial charge in [-0.25, -0.2) is 0 Å². The summed E-state index contributed by atoms with van der Waals surface area (Å²) in [6, 6.07) is 4.94. The lowest BCUT2D eigenvalue weighted by Gasteiger charge is -2.18. The number of methoxy groups -OCH3 is 1. The van der Waals surface area contributed by atoms with Crippen LogP contribution in [0.2, 0.25) is 0 Å². The Balaban J connectivity index is 2.94. The van der Waals surface area contributed by atoms with E-state index in [-0.39, 0.29) is 17.6 Å². The highest BCUT2D eigenvalue weighted by molar-refractivity contribution is 5.43. The molecule has 0 radical (unpaired) electrons. The van der Waals surface area contributed by atoms with Crippen molar-refractivity contribution < 1.29 is 9.66 Å². The van der Waals surface area contributed by atoms with Crippen LogP contribution in [0.3, 0.4) is 0 Å². The van der Waals surface area contributed by atoms with Crippen molar-refractivity contribution in [1.82, 2.24) is 0 Å². The first kappa shape index (κ1) is 14.4. The third kappa shape index (κ3) is 3.70. The van der Waals surface area contributed by atoms with Gasteiger partial charge in [-0.15, -0.1) is 0 Å². The first-order valence-corrected chi connectivity index (χ1v) is 6.05. The van der Waals surface area contributed by atoms with Gasteiger partial charge in [0, 0.05) is 12.1 Å². The number of nitro groups is 1. The average Bonchev–Trinajstić information content (AvgIpc) is 2.36. The highest BCUT2D eigenvalue weighted by Crippen LogP contribution is 2.25. The minimum Gasteiger partial charge on any atom is -0.496 e. The molecule has 100 valence electrons. The number of hydrogen-bond acceptors (Lipinski definition) is 4. The lowest BCUT2D eigenvalue weighted by molar-refractivity contribution is -0.385. The van der Waals surface area contributed by atoms with Crippen molar-refractivity contribution in [3.8, 4) is 5.75 Å². The van der Waals surface area contributed by atoms with Crippen LogP contribution < -0.4 is 10.5 Å². The zero-order chi connectivity index (χ0) is 13.7. The summed E-state index contributed by atoms with van der Waals surface area (Å²) in [7, 11) is 1.50. The largest absolute Gasteiger partial charge is 0.496 e. The third-order valence-corrected chi connectivity index (χ3v) is 3.16. The zero-order valence-corrected chi connectivity index (χ0v) is 11.1. The van der Waals surface area contributed by atoms with Crippen molar-refractivity contribution in [2.24, 2.45) is 11.7 Å². The van der Waals surface area contributed by atoms with E-state index in [0.717, 1.165) is 12.0 Å². The molecule has 1 aromatic rings. The Kier molecular flexibility index (Phi) is 5.09. The molecule has 0 heterocycles. The molecule has 0 amide bonds. The molecular formula is C13H20N2O3. The van der Waals surface area contributed by atoms with Crippen LogP contribution in [-0.2, 0) is 6.42 Å². The monoisotopic (exact) mass is 252 g/mol.